The molecule has 0 saturated heterocycles. The van der Waals surface area contributed by atoms with Crippen molar-refractivity contribution in [1.82, 2.24) is 4.98 Å². The van der Waals surface area contributed by atoms with Crippen molar-refractivity contribution in [2.75, 3.05) is 5.32 Å². The van der Waals surface area contributed by atoms with Gasteiger partial charge in [-0.25, -0.2) is 9.18 Å². The van der Waals surface area contributed by atoms with Gasteiger partial charge in [0.2, 0.25) is 0 Å². The number of H-pyrrole nitrogens is 1. The van der Waals surface area contributed by atoms with Gasteiger partial charge in [0.1, 0.15) is 11.5 Å². The molecule has 0 unspecified atom stereocenters. The number of carbonyl (C=O) groups excluding carboxylic acids is 2. The van der Waals surface area contributed by atoms with E-state index in [2.05, 4.69) is 26.2 Å². The average molecular weight is 405 g/mol. The van der Waals surface area contributed by atoms with Crippen molar-refractivity contribution in [3.05, 3.63) is 64.5 Å². The van der Waals surface area contributed by atoms with Crippen LogP contribution in [0.2, 0.25) is 0 Å². The number of aromatic nitrogens is 1. The molecule has 5 nitrogen and oxygen atoms in total. The molecule has 1 amide bonds. The maximum absolute atomic E-state index is 13.8. The number of aromatic amines is 1. The van der Waals surface area contributed by atoms with Crippen LogP contribution in [0.1, 0.15) is 17.4 Å². The summed E-state index contributed by atoms with van der Waals surface area (Å²) in [5.41, 5.74) is 1.06. The standard InChI is InChI=1S/C18H14BrFN2O3/c1-10(17(23)22-15-7-6-12(19)9-13(15)20)25-18(24)16-8-11-4-2-3-5-14(11)21-16/h2-10,21H,1H3,(H,22,23)/t10-/m1/s1. The fraction of sp³-hybridized carbons (Fsp3) is 0.111. The highest BCUT2D eigenvalue weighted by Crippen LogP contribution is 2.20. The van der Waals surface area contributed by atoms with Crippen molar-refractivity contribution >= 4 is 44.4 Å². The van der Waals surface area contributed by atoms with E-state index in [0.29, 0.717) is 4.47 Å². The maximum atomic E-state index is 13.8. The number of fused-ring (bicyclic) bond motifs is 1. The molecule has 0 radical (unpaired) electrons. The number of hydrogen-bond donors (Lipinski definition) is 2. The van der Waals surface area contributed by atoms with Crippen LogP contribution in [-0.4, -0.2) is 23.0 Å². The fourth-order valence-corrected chi connectivity index (χ4v) is 2.62. The van der Waals surface area contributed by atoms with Gasteiger partial charge in [0.15, 0.2) is 6.10 Å². The predicted molar refractivity (Wildman–Crippen MR) is 95.9 cm³/mol. The zero-order valence-electron chi connectivity index (χ0n) is 13.2. The maximum Gasteiger partial charge on any atom is 0.355 e. The molecule has 1 atom stereocenters. The third-order valence-corrected chi connectivity index (χ3v) is 4.09. The van der Waals surface area contributed by atoms with Crippen LogP contribution in [0.3, 0.4) is 0 Å². The molecule has 128 valence electrons. The summed E-state index contributed by atoms with van der Waals surface area (Å²) in [7, 11) is 0. The van der Waals surface area contributed by atoms with Crippen molar-refractivity contribution in [1.29, 1.82) is 0 Å². The number of anilines is 1. The summed E-state index contributed by atoms with van der Waals surface area (Å²) >= 11 is 3.14. The second kappa shape index (κ2) is 7.06. The van der Waals surface area contributed by atoms with Crippen molar-refractivity contribution in [2.45, 2.75) is 13.0 Å². The van der Waals surface area contributed by atoms with Gasteiger partial charge in [-0.05, 0) is 37.3 Å². The highest BCUT2D eigenvalue weighted by Gasteiger charge is 2.21. The van der Waals surface area contributed by atoms with E-state index in [1.807, 2.05) is 24.3 Å². The van der Waals surface area contributed by atoms with E-state index >= 15 is 0 Å². The highest BCUT2D eigenvalue weighted by atomic mass is 79.9. The Morgan fingerprint density at radius 3 is 2.68 bits per heavy atom. The molecule has 7 heteroatoms. The zero-order valence-corrected chi connectivity index (χ0v) is 14.8. The normalized spacial score (nSPS) is 12.0. The van der Waals surface area contributed by atoms with Crippen molar-refractivity contribution in [2.24, 2.45) is 0 Å². The first-order chi connectivity index (χ1) is 11.9. The van der Waals surface area contributed by atoms with Crippen LogP contribution in [0, 0.1) is 5.82 Å². The molecule has 0 aliphatic heterocycles. The number of hydrogen-bond acceptors (Lipinski definition) is 3. The van der Waals surface area contributed by atoms with Gasteiger partial charge in [-0.1, -0.05) is 34.1 Å². The van der Waals surface area contributed by atoms with Crippen LogP contribution < -0.4 is 5.32 Å². The molecule has 0 spiro atoms. The highest BCUT2D eigenvalue weighted by molar-refractivity contribution is 9.10. The minimum Gasteiger partial charge on any atom is -0.448 e. The molecule has 25 heavy (non-hydrogen) atoms. The third kappa shape index (κ3) is 3.88. The lowest BCUT2D eigenvalue weighted by Crippen LogP contribution is -2.30. The lowest BCUT2D eigenvalue weighted by atomic mass is 10.2. The number of halogens is 2. The summed E-state index contributed by atoms with van der Waals surface area (Å²) < 4.78 is 19.5. The monoisotopic (exact) mass is 404 g/mol. The molecular formula is C18H14BrFN2O3. The largest absolute Gasteiger partial charge is 0.448 e. The van der Waals surface area contributed by atoms with Crippen molar-refractivity contribution < 1.29 is 18.7 Å². The van der Waals surface area contributed by atoms with Gasteiger partial charge >= 0.3 is 5.97 Å². The summed E-state index contributed by atoms with van der Waals surface area (Å²) in [4.78, 5) is 27.2. The molecular weight excluding hydrogens is 391 g/mol. The summed E-state index contributed by atoms with van der Waals surface area (Å²) in [6, 6.07) is 13.3. The van der Waals surface area contributed by atoms with Gasteiger partial charge in [-0.15, -0.1) is 0 Å². The molecule has 2 aromatic carbocycles. The molecule has 0 aliphatic rings. The third-order valence-electron chi connectivity index (χ3n) is 3.59. The first-order valence-corrected chi connectivity index (χ1v) is 8.28. The Kier molecular flexibility index (Phi) is 4.85. The average Bonchev–Trinajstić information content (AvgIpc) is 3.01. The Bertz CT molecular complexity index is 921. The Balaban J connectivity index is 1.67. The number of nitrogens with one attached hydrogen (secondary N) is 2. The Labute approximate surface area is 151 Å². The van der Waals surface area contributed by atoms with Crippen LogP contribution in [0.4, 0.5) is 10.1 Å². The fourth-order valence-electron chi connectivity index (χ4n) is 2.29. The number of para-hydroxylation sites is 1. The molecule has 3 rings (SSSR count). The van der Waals surface area contributed by atoms with Gasteiger partial charge in [-0.2, -0.15) is 0 Å². The molecule has 0 aliphatic carbocycles. The first kappa shape index (κ1) is 17.2. The summed E-state index contributed by atoms with van der Waals surface area (Å²) in [5.74, 6) is -1.86. The smallest absolute Gasteiger partial charge is 0.355 e. The molecule has 0 bridgehead atoms. The van der Waals surface area contributed by atoms with E-state index in [9.17, 15) is 14.0 Å². The van der Waals surface area contributed by atoms with E-state index < -0.39 is 23.8 Å². The summed E-state index contributed by atoms with van der Waals surface area (Å²) in [6.45, 7) is 1.42. The van der Waals surface area contributed by atoms with Gasteiger partial charge < -0.3 is 15.0 Å². The second-order valence-electron chi connectivity index (χ2n) is 5.43. The Morgan fingerprint density at radius 2 is 1.96 bits per heavy atom. The number of ether oxygens (including phenoxy) is 1. The minimum atomic E-state index is -1.08. The van der Waals surface area contributed by atoms with E-state index in [1.54, 1.807) is 12.1 Å². The van der Waals surface area contributed by atoms with E-state index in [1.165, 1.54) is 19.1 Å². The quantitative estimate of drug-likeness (QED) is 0.638. The van der Waals surface area contributed by atoms with Gasteiger partial charge in [0.25, 0.3) is 5.91 Å². The molecule has 3 aromatic rings. The van der Waals surface area contributed by atoms with Crippen molar-refractivity contribution in [3.63, 3.8) is 0 Å². The minimum absolute atomic E-state index is 0.0155. The Hall–Kier alpha value is -2.67. The van der Waals surface area contributed by atoms with Crippen LogP contribution in [-0.2, 0) is 9.53 Å². The molecule has 1 heterocycles. The van der Waals surface area contributed by atoms with Crippen LogP contribution >= 0.6 is 15.9 Å². The van der Waals surface area contributed by atoms with Crippen LogP contribution in [0.15, 0.2) is 53.0 Å². The SMILES string of the molecule is C[C@@H](OC(=O)c1cc2ccccc2[nH]1)C(=O)Nc1ccc(Br)cc1F. The molecule has 1 aromatic heterocycles. The van der Waals surface area contributed by atoms with Crippen LogP contribution in [0.25, 0.3) is 10.9 Å². The van der Waals surface area contributed by atoms with E-state index in [-0.39, 0.29) is 11.4 Å². The first-order valence-electron chi connectivity index (χ1n) is 7.48. The van der Waals surface area contributed by atoms with Gasteiger partial charge in [-0.3, -0.25) is 4.79 Å². The molecule has 0 fully saturated rings. The topological polar surface area (TPSA) is 71.2 Å². The molecule has 2 N–H and O–H groups in total. The van der Waals surface area contributed by atoms with Crippen molar-refractivity contribution in [3.8, 4) is 0 Å². The van der Waals surface area contributed by atoms with E-state index in [4.69, 9.17) is 4.74 Å². The number of carbonyl (C=O) groups is 2. The summed E-state index contributed by atoms with van der Waals surface area (Å²) in [6.07, 6.45) is -1.08. The van der Waals surface area contributed by atoms with Gasteiger partial charge in [0.05, 0.1) is 5.69 Å². The Morgan fingerprint density at radius 1 is 1.20 bits per heavy atom. The molecule has 0 saturated carbocycles. The predicted octanol–water partition coefficient (Wildman–Crippen LogP) is 4.25. The summed E-state index contributed by atoms with van der Waals surface area (Å²) in [5, 5.41) is 3.26. The second-order valence-corrected chi connectivity index (χ2v) is 6.35. The number of rotatable bonds is 4. The van der Waals surface area contributed by atoms with Gasteiger partial charge in [0, 0.05) is 15.4 Å². The lowest BCUT2D eigenvalue weighted by Gasteiger charge is -2.13. The van der Waals surface area contributed by atoms with Crippen LogP contribution in [0.5, 0.6) is 0 Å². The number of esters is 1. The number of benzene rings is 2. The van der Waals surface area contributed by atoms with E-state index in [0.717, 1.165) is 10.9 Å². The zero-order chi connectivity index (χ0) is 18.0. The number of amides is 1. The lowest BCUT2D eigenvalue weighted by molar-refractivity contribution is -0.123.